The van der Waals surface area contributed by atoms with E-state index in [1.54, 1.807) is 21.6 Å². The molecule has 0 aromatic heterocycles. The molecule has 0 aliphatic carbocycles. The highest BCUT2D eigenvalue weighted by Gasteiger charge is 2.12. The van der Waals surface area contributed by atoms with E-state index in [4.69, 9.17) is 4.74 Å². The average molecular weight is 404 g/mol. The molecule has 0 aliphatic heterocycles. The van der Waals surface area contributed by atoms with Crippen LogP contribution in [0, 0.1) is 11.8 Å². The first kappa shape index (κ1) is 25.1. The zero-order valence-corrected chi connectivity index (χ0v) is 18.2. The Balaban J connectivity index is 3.65. The molecule has 1 amide bonds. The van der Waals surface area contributed by atoms with E-state index in [2.05, 4.69) is 5.32 Å². The summed E-state index contributed by atoms with van der Waals surface area (Å²) >= 11 is 0. The fraction of sp³-hybridized carbons (Fsp3) is 0.737. The molecule has 0 aromatic rings. The van der Waals surface area contributed by atoms with Gasteiger partial charge in [0.05, 0.1) is 5.92 Å². The van der Waals surface area contributed by atoms with Crippen molar-refractivity contribution in [3.05, 3.63) is 12.2 Å². The lowest BCUT2D eigenvalue weighted by atomic mass is 10.0. The van der Waals surface area contributed by atoms with Crippen molar-refractivity contribution in [2.45, 2.75) is 59.1 Å². The van der Waals surface area contributed by atoms with Gasteiger partial charge < -0.3 is 10.1 Å². The predicted molar refractivity (Wildman–Crippen MR) is 111 cm³/mol. The Morgan fingerprint density at radius 1 is 1.12 bits per heavy atom. The second kappa shape index (κ2) is 15.1. The molecule has 1 N–H and O–H groups in total. The molecule has 0 aromatic carbocycles. The van der Waals surface area contributed by atoms with Crippen molar-refractivity contribution < 1.29 is 19.1 Å². The van der Waals surface area contributed by atoms with Crippen LogP contribution in [0.1, 0.15) is 53.9 Å². The van der Waals surface area contributed by atoms with Crippen LogP contribution in [-0.2, 0) is 19.1 Å². The number of hydrogen-bond acceptors (Lipinski definition) is 6. The molecule has 0 aliphatic rings. The number of carbonyl (C=O) groups is 3. The normalized spacial score (nSPS) is 13.6. The summed E-state index contributed by atoms with van der Waals surface area (Å²) in [5.74, 6) is 0.631. The third kappa shape index (κ3) is 13.3. The standard InChI is InChI=1S/C19H33NO4S2/c1-6-8-15(4)17(21)10-11-20-18(22)9-7-12-25-26-16(5)13-24-19(23)14(2)3/h6,8,14-16H,7,9-13H2,1-5H3,(H,20,22). The summed E-state index contributed by atoms with van der Waals surface area (Å²) in [4.78, 5) is 34.9. The van der Waals surface area contributed by atoms with Gasteiger partial charge in [-0.2, -0.15) is 0 Å². The molecule has 26 heavy (non-hydrogen) atoms. The highest BCUT2D eigenvalue weighted by atomic mass is 33.1. The van der Waals surface area contributed by atoms with Gasteiger partial charge in [0.2, 0.25) is 5.91 Å². The van der Waals surface area contributed by atoms with Gasteiger partial charge in [0.1, 0.15) is 12.4 Å². The molecule has 150 valence electrons. The number of ketones is 1. The van der Waals surface area contributed by atoms with E-state index >= 15 is 0 Å². The van der Waals surface area contributed by atoms with Crippen LogP contribution in [0.25, 0.3) is 0 Å². The van der Waals surface area contributed by atoms with Gasteiger partial charge in [-0.1, -0.05) is 54.5 Å². The minimum absolute atomic E-state index is 0.0130. The zero-order valence-electron chi connectivity index (χ0n) is 16.6. The number of allylic oxidation sites excluding steroid dienone is 2. The van der Waals surface area contributed by atoms with Crippen LogP contribution >= 0.6 is 21.6 Å². The summed E-state index contributed by atoms with van der Waals surface area (Å²) in [7, 11) is 3.35. The van der Waals surface area contributed by atoms with E-state index in [0.29, 0.717) is 26.0 Å². The Morgan fingerprint density at radius 3 is 2.42 bits per heavy atom. The maximum atomic E-state index is 11.8. The topological polar surface area (TPSA) is 72.5 Å². The van der Waals surface area contributed by atoms with E-state index in [0.717, 1.165) is 12.2 Å². The van der Waals surface area contributed by atoms with Crippen LogP contribution < -0.4 is 5.32 Å². The second-order valence-corrected chi connectivity index (χ2v) is 9.42. The lowest BCUT2D eigenvalue weighted by molar-refractivity contribution is -0.147. The molecular formula is C19H33NO4S2. The molecule has 0 spiro atoms. The van der Waals surface area contributed by atoms with E-state index in [-0.39, 0.29) is 34.7 Å². The molecule has 7 heteroatoms. The first-order valence-corrected chi connectivity index (χ1v) is 11.5. The molecule has 0 radical (unpaired) electrons. The lowest BCUT2D eigenvalue weighted by Crippen LogP contribution is -2.26. The van der Waals surface area contributed by atoms with Gasteiger partial charge in [0, 0.05) is 36.3 Å². The first-order valence-electron chi connectivity index (χ1n) is 9.15. The van der Waals surface area contributed by atoms with Crippen molar-refractivity contribution in [1.29, 1.82) is 0 Å². The molecule has 0 fully saturated rings. The number of rotatable bonds is 14. The number of carbonyl (C=O) groups excluding carboxylic acids is 3. The van der Waals surface area contributed by atoms with Gasteiger partial charge in [0.15, 0.2) is 0 Å². The molecule has 0 rings (SSSR count). The van der Waals surface area contributed by atoms with Crippen molar-refractivity contribution in [2.24, 2.45) is 11.8 Å². The molecule has 0 heterocycles. The molecule has 2 unspecified atom stereocenters. The number of hydrogen-bond donors (Lipinski definition) is 1. The van der Waals surface area contributed by atoms with E-state index in [1.807, 2.05) is 46.8 Å². The monoisotopic (exact) mass is 403 g/mol. The van der Waals surface area contributed by atoms with Gasteiger partial charge in [-0.05, 0) is 20.3 Å². The summed E-state index contributed by atoms with van der Waals surface area (Å²) in [6.45, 7) is 10.2. The van der Waals surface area contributed by atoms with Crippen LogP contribution in [0.2, 0.25) is 0 Å². The van der Waals surface area contributed by atoms with Crippen molar-refractivity contribution >= 4 is 39.2 Å². The average Bonchev–Trinajstić information content (AvgIpc) is 2.59. The van der Waals surface area contributed by atoms with E-state index in [1.165, 1.54) is 0 Å². The third-order valence-electron chi connectivity index (χ3n) is 3.48. The fourth-order valence-corrected chi connectivity index (χ4v) is 4.11. The van der Waals surface area contributed by atoms with Gasteiger partial charge in [-0.3, -0.25) is 14.4 Å². The summed E-state index contributed by atoms with van der Waals surface area (Å²) in [6, 6.07) is 0. The largest absolute Gasteiger partial charge is 0.464 e. The molecule has 0 saturated heterocycles. The lowest BCUT2D eigenvalue weighted by Gasteiger charge is -2.12. The summed E-state index contributed by atoms with van der Waals surface area (Å²) in [6.07, 6.45) is 5.35. The number of amides is 1. The van der Waals surface area contributed by atoms with Crippen LogP contribution in [0.3, 0.4) is 0 Å². The quantitative estimate of drug-likeness (QED) is 0.204. The van der Waals surface area contributed by atoms with Crippen LogP contribution in [-0.4, -0.2) is 41.8 Å². The van der Waals surface area contributed by atoms with Crippen molar-refractivity contribution in [1.82, 2.24) is 5.32 Å². The van der Waals surface area contributed by atoms with E-state index in [9.17, 15) is 14.4 Å². The SMILES string of the molecule is CC=CC(C)C(=O)CCNC(=O)CCCSSC(C)COC(=O)C(C)C. The number of Topliss-reactive ketones (excluding diaryl/α,β-unsaturated/α-hetero) is 1. The van der Waals surface area contributed by atoms with Crippen molar-refractivity contribution in [3.63, 3.8) is 0 Å². The Labute approximate surface area is 165 Å². The zero-order chi connectivity index (χ0) is 19.9. The fourth-order valence-electron chi connectivity index (χ4n) is 1.89. The summed E-state index contributed by atoms with van der Waals surface area (Å²) in [5, 5.41) is 3.02. The highest BCUT2D eigenvalue weighted by Crippen LogP contribution is 2.27. The Bertz CT molecular complexity index is 466. The molecule has 0 saturated carbocycles. The van der Waals surface area contributed by atoms with E-state index < -0.39 is 0 Å². The minimum atomic E-state index is -0.169. The number of esters is 1. The minimum Gasteiger partial charge on any atom is -0.464 e. The Hall–Kier alpha value is -0.950. The van der Waals surface area contributed by atoms with Gasteiger partial charge in [-0.25, -0.2) is 0 Å². The maximum Gasteiger partial charge on any atom is 0.308 e. The smallest absolute Gasteiger partial charge is 0.308 e. The molecular weight excluding hydrogens is 370 g/mol. The van der Waals surface area contributed by atoms with Crippen LogP contribution in [0.5, 0.6) is 0 Å². The summed E-state index contributed by atoms with van der Waals surface area (Å²) < 4.78 is 5.19. The van der Waals surface area contributed by atoms with Gasteiger partial charge in [0.25, 0.3) is 0 Å². The van der Waals surface area contributed by atoms with Crippen LogP contribution in [0.4, 0.5) is 0 Å². The number of nitrogens with one attached hydrogen (secondary N) is 1. The first-order chi connectivity index (χ1) is 12.3. The van der Waals surface area contributed by atoms with Gasteiger partial charge >= 0.3 is 5.97 Å². The maximum absolute atomic E-state index is 11.8. The molecule has 2 atom stereocenters. The summed E-state index contributed by atoms with van der Waals surface area (Å²) in [5.41, 5.74) is 0. The van der Waals surface area contributed by atoms with Gasteiger partial charge in [-0.15, -0.1) is 0 Å². The predicted octanol–water partition coefficient (Wildman–Crippen LogP) is 4.02. The second-order valence-electron chi connectivity index (χ2n) is 6.50. The van der Waals surface area contributed by atoms with Crippen LogP contribution in [0.15, 0.2) is 12.2 Å². The molecule has 0 bridgehead atoms. The third-order valence-corrected chi connectivity index (χ3v) is 6.43. The highest BCUT2D eigenvalue weighted by molar-refractivity contribution is 8.76. The Kier molecular flexibility index (Phi) is 14.6. The Morgan fingerprint density at radius 2 is 1.81 bits per heavy atom. The molecule has 5 nitrogen and oxygen atoms in total. The number of ether oxygens (including phenoxy) is 1. The van der Waals surface area contributed by atoms with Crippen molar-refractivity contribution in [3.8, 4) is 0 Å². The van der Waals surface area contributed by atoms with Crippen molar-refractivity contribution in [2.75, 3.05) is 18.9 Å².